The normalized spacial score (nSPS) is 13.3. The van der Waals surface area contributed by atoms with Crippen molar-refractivity contribution in [3.63, 3.8) is 0 Å². The fourth-order valence-electron chi connectivity index (χ4n) is 2.06. The van der Waals surface area contributed by atoms with E-state index < -0.39 is 22.0 Å². The summed E-state index contributed by atoms with van der Waals surface area (Å²) in [5.41, 5.74) is 1.88. The van der Waals surface area contributed by atoms with E-state index in [1.807, 2.05) is 0 Å². The van der Waals surface area contributed by atoms with Crippen LogP contribution in [-0.2, 0) is 14.8 Å². The molecule has 1 unspecified atom stereocenters. The van der Waals surface area contributed by atoms with Crippen LogP contribution in [-0.4, -0.2) is 29.7 Å². The highest BCUT2D eigenvalue weighted by Gasteiger charge is 2.31. The number of thiophene rings is 1. The van der Waals surface area contributed by atoms with Gasteiger partial charge in [0.15, 0.2) is 0 Å². The molecule has 1 atom stereocenters. The predicted octanol–water partition coefficient (Wildman–Crippen LogP) is 1.50. The Morgan fingerprint density at radius 1 is 1.43 bits per heavy atom. The molecule has 2 heterocycles. The number of nitrogens with zero attached hydrogens (tertiary/aromatic N) is 1. The van der Waals surface area contributed by atoms with E-state index in [9.17, 15) is 18.3 Å². The van der Waals surface area contributed by atoms with Gasteiger partial charge in [0.05, 0.1) is 5.69 Å². The van der Waals surface area contributed by atoms with Gasteiger partial charge in [-0.1, -0.05) is 0 Å². The Balaban J connectivity index is 2.43. The summed E-state index contributed by atoms with van der Waals surface area (Å²) in [5.74, 6) is -1.28. The summed E-state index contributed by atoms with van der Waals surface area (Å²) in [6.07, 6.45) is 0. The molecule has 7 nitrogen and oxygen atoms in total. The molecule has 0 fully saturated rings. The van der Waals surface area contributed by atoms with E-state index in [0.29, 0.717) is 22.5 Å². The van der Waals surface area contributed by atoms with Crippen LogP contribution >= 0.6 is 11.3 Å². The maximum Gasteiger partial charge on any atom is 0.326 e. The maximum atomic E-state index is 12.4. The molecule has 0 aliphatic carbocycles. The van der Waals surface area contributed by atoms with Gasteiger partial charge in [-0.05, 0) is 37.8 Å². The average Bonchev–Trinajstić information content (AvgIpc) is 2.94. The van der Waals surface area contributed by atoms with E-state index in [1.54, 1.807) is 32.2 Å². The minimum absolute atomic E-state index is 0.118. The number of aryl methyl sites for hydroxylation is 3. The van der Waals surface area contributed by atoms with Crippen molar-refractivity contribution in [1.82, 2.24) is 14.9 Å². The lowest BCUT2D eigenvalue weighted by atomic mass is 10.1. The van der Waals surface area contributed by atoms with E-state index >= 15 is 0 Å². The molecule has 21 heavy (non-hydrogen) atoms. The van der Waals surface area contributed by atoms with Gasteiger partial charge in [0, 0.05) is 11.3 Å². The molecule has 2 rings (SSSR count). The van der Waals surface area contributed by atoms with Crippen LogP contribution in [0, 0.1) is 20.8 Å². The molecule has 0 aliphatic rings. The highest BCUT2D eigenvalue weighted by molar-refractivity contribution is 7.91. The molecule has 2 aromatic rings. The third kappa shape index (κ3) is 2.99. The molecular weight excluding hydrogens is 314 g/mol. The van der Waals surface area contributed by atoms with Gasteiger partial charge in [-0.15, -0.1) is 11.3 Å². The SMILES string of the molecule is Cc1ccsc1S(=O)(=O)NC(C(=O)O)c1c(C)n[nH]c1C. The van der Waals surface area contributed by atoms with Crippen molar-refractivity contribution >= 4 is 27.3 Å². The second kappa shape index (κ2) is 5.58. The van der Waals surface area contributed by atoms with Crippen LogP contribution in [0.15, 0.2) is 15.7 Å². The summed E-state index contributed by atoms with van der Waals surface area (Å²) in [6.45, 7) is 4.94. The first-order valence-corrected chi connectivity index (χ1v) is 8.41. The second-order valence-corrected chi connectivity index (χ2v) is 7.46. The third-order valence-electron chi connectivity index (χ3n) is 3.05. The molecule has 114 valence electrons. The Bertz CT molecular complexity index is 757. The van der Waals surface area contributed by atoms with Gasteiger partial charge in [-0.25, -0.2) is 8.42 Å². The van der Waals surface area contributed by atoms with E-state index in [4.69, 9.17) is 0 Å². The van der Waals surface area contributed by atoms with Gasteiger partial charge in [-0.3, -0.25) is 9.89 Å². The minimum atomic E-state index is -3.91. The van der Waals surface area contributed by atoms with Gasteiger partial charge < -0.3 is 5.11 Å². The zero-order chi connectivity index (χ0) is 15.8. The standard InChI is InChI=1S/C12H15N3O4S2/c1-6-4-5-20-12(6)21(18,19)15-10(11(16)17)9-7(2)13-14-8(9)3/h4-5,10,15H,1-3H3,(H,13,14)(H,16,17). The Hall–Kier alpha value is -1.71. The maximum absolute atomic E-state index is 12.4. The van der Waals surface area contributed by atoms with Crippen molar-refractivity contribution in [1.29, 1.82) is 0 Å². The molecule has 0 aliphatic heterocycles. The first-order valence-electron chi connectivity index (χ1n) is 6.04. The highest BCUT2D eigenvalue weighted by atomic mass is 32.2. The number of aliphatic carboxylic acids is 1. The zero-order valence-electron chi connectivity index (χ0n) is 11.7. The van der Waals surface area contributed by atoms with Crippen molar-refractivity contribution in [3.8, 4) is 0 Å². The lowest BCUT2D eigenvalue weighted by Gasteiger charge is -2.15. The monoisotopic (exact) mass is 329 g/mol. The fraction of sp³-hybridized carbons (Fsp3) is 0.333. The van der Waals surface area contributed by atoms with Crippen molar-refractivity contribution < 1.29 is 18.3 Å². The van der Waals surface area contributed by atoms with Crippen molar-refractivity contribution in [2.45, 2.75) is 31.0 Å². The Morgan fingerprint density at radius 2 is 2.10 bits per heavy atom. The molecule has 0 aromatic carbocycles. The number of aromatic nitrogens is 2. The number of aromatic amines is 1. The van der Waals surface area contributed by atoms with Gasteiger partial charge in [0.2, 0.25) is 0 Å². The Morgan fingerprint density at radius 3 is 2.52 bits per heavy atom. The Labute approximate surface area is 126 Å². The smallest absolute Gasteiger partial charge is 0.326 e. The van der Waals surface area contributed by atoms with Crippen LogP contribution < -0.4 is 4.72 Å². The third-order valence-corrected chi connectivity index (χ3v) is 6.16. The molecule has 0 saturated heterocycles. The number of carboxylic acid groups (broad SMARTS) is 1. The fourth-order valence-corrected chi connectivity index (χ4v) is 4.66. The van der Waals surface area contributed by atoms with Crippen molar-refractivity contribution in [2.75, 3.05) is 0 Å². The van der Waals surface area contributed by atoms with Crippen LogP contribution in [0.4, 0.5) is 0 Å². The van der Waals surface area contributed by atoms with E-state index in [-0.39, 0.29) is 4.21 Å². The van der Waals surface area contributed by atoms with E-state index in [2.05, 4.69) is 14.9 Å². The highest BCUT2D eigenvalue weighted by Crippen LogP contribution is 2.26. The van der Waals surface area contributed by atoms with E-state index in [0.717, 1.165) is 11.3 Å². The van der Waals surface area contributed by atoms with E-state index in [1.165, 1.54) is 0 Å². The lowest BCUT2D eigenvalue weighted by molar-refractivity contribution is -0.139. The molecule has 0 spiro atoms. The molecule has 2 aromatic heterocycles. The van der Waals surface area contributed by atoms with Gasteiger partial charge in [0.25, 0.3) is 10.0 Å². The van der Waals surface area contributed by atoms with Crippen molar-refractivity contribution in [2.24, 2.45) is 0 Å². The average molecular weight is 329 g/mol. The summed E-state index contributed by atoms with van der Waals surface area (Å²) in [4.78, 5) is 11.5. The van der Waals surface area contributed by atoms with Crippen LogP contribution in [0.1, 0.15) is 28.6 Å². The van der Waals surface area contributed by atoms with Gasteiger partial charge >= 0.3 is 5.97 Å². The summed E-state index contributed by atoms with van der Waals surface area (Å²) < 4.78 is 27.1. The zero-order valence-corrected chi connectivity index (χ0v) is 13.3. The van der Waals surface area contributed by atoms with Crippen molar-refractivity contribution in [3.05, 3.63) is 34.0 Å². The number of sulfonamides is 1. The summed E-state index contributed by atoms with van der Waals surface area (Å²) in [7, 11) is -3.91. The summed E-state index contributed by atoms with van der Waals surface area (Å²) in [6, 6.07) is 0.291. The van der Waals surface area contributed by atoms with Gasteiger partial charge in [-0.2, -0.15) is 9.82 Å². The first kappa shape index (κ1) is 15.7. The number of H-pyrrole nitrogens is 1. The minimum Gasteiger partial charge on any atom is -0.480 e. The number of rotatable bonds is 5. The van der Waals surface area contributed by atoms with Crippen LogP contribution in [0.5, 0.6) is 0 Å². The number of carbonyl (C=O) groups is 1. The number of carboxylic acids is 1. The molecule has 3 N–H and O–H groups in total. The first-order chi connectivity index (χ1) is 9.74. The molecule has 0 amide bonds. The molecule has 0 saturated carbocycles. The summed E-state index contributed by atoms with van der Waals surface area (Å²) in [5, 5.41) is 17.6. The number of hydrogen-bond acceptors (Lipinski definition) is 5. The largest absolute Gasteiger partial charge is 0.480 e. The lowest BCUT2D eigenvalue weighted by Crippen LogP contribution is -2.34. The molecule has 0 radical (unpaired) electrons. The number of nitrogens with one attached hydrogen (secondary N) is 2. The summed E-state index contributed by atoms with van der Waals surface area (Å²) >= 11 is 1.05. The topological polar surface area (TPSA) is 112 Å². The van der Waals surface area contributed by atoms with Gasteiger partial charge in [0.1, 0.15) is 10.3 Å². The van der Waals surface area contributed by atoms with Crippen LogP contribution in [0.25, 0.3) is 0 Å². The second-order valence-electron chi connectivity index (χ2n) is 4.63. The molecular formula is C12H15N3O4S2. The Kier molecular flexibility index (Phi) is 4.17. The quantitative estimate of drug-likeness (QED) is 0.769. The van der Waals surface area contributed by atoms with Crippen LogP contribution in [0.3, 0.4) is 0 Å². The molecule has 0 bridgehead atoms. The number of hydrogen-bond donors (Lipinski definition) is 3. The molecule has 9 heteroatoms. The predicted molar refractivity (Wildman–Crippen MR) is 77.8 cm³/mol. The van der Waals surface area contributed by atoms with Crippen LogP contribution in [0.2, 0.25) is 0 Å².